The molecule has 0 radical (unpaired) electrons. The molecular weight excluding hydrogens is 472 g/mol. The van der Waals surface area contributed by atoms with E-state index in [-0.39, 0.29) is 18.0 Å². The quantitative estimate of drug-likeness (QED) is 0.296. The van der Waals surface area contributed by atoms with E-state index in [4.69, 9.17) is 9.47 Å². The fourth-order valence-corrected chi connectivity index (χ4v) is 5.02. The number of ether oxygens (including phenoxy) is 2. The zero-order valence-electron chi connectivity index (χ0n) is 19.1. The van der Waals surface area contributed by atoms with Crippen LogP contribution in [-0.2, 0) is 14.8 Å². The van der Waals surface area contributed by atoms with Gasteiger partial charge < -0.3 is 14.8 Å². The maximum Gasteiger partial charge on any atom is 0.264 e. The van der Waals surface area contributed by atoms with Crippen molar-refractivity contribution < 1.29 is 22.7 Å². The number of sulfonamides is 1. The summed E-state index contributed by atoms with van der Waals surface area (Å²) in [5, 5.41) is 2.73. The van der Waals surface area contributed by atoms with Crippen LogP contribution in [0.3, 0.4) is 0 Å². The molecule has 9 heteroatoms. The van der Waals surface area contributed by atoms with E-state index < -0.39 is 22.5 Å². The van der Waals surface area contributed by atoms with Gasteiger partial charge >= 0.3 is 0 Å². The monoisotopic (exact) mass is 500 g/mol. The Labute approximate surface area is 205 Å². The van der Waals surface area contributed by atoms with Crippen molar-refractivity contribution in [2.45, 2.75) is 16.7 Å². The number of nitrogens with one attached hydrogen (secondary N) is 1. The van der Waals surface area contributed by atoms with Crippen molar-refractivity contribution in [1.29, 1.82) is 0 Å². The van der Waals surface area contributed by atoms with E-state index in [1.54, 1.807) is 48.5 Å². The first-order chi connectivity index (χ1) is 16.5. The van der Waals surface area contributed by atoms with Crippen LogP contribution in [0, 0.1) is 0 Å². The molecule has 0 fully saturated rings. The Morgan fingerprint density at radius 3 is 2.29 bits per heavy atom. The van der Waals surface area contributed by atoms with Gasteiger partial charge in [-0.15, -0.1) is 11.8 Å². The number of anilines is 1. The molecule has 0 aliphatic rings. The maximum atomic E-state index is 13.6. The Morgan fingerprint density at radius 1 is 0.941 bits per heavy atom. The molecule has 0 aliphatic heterocycles. The van der Waals surface area contributed by atoms with E-state index in [0.29, 0.717) is 23.8 Å². The van der Waals surface area contributed by atoms with Crippen LogP contribution >= 0.6 is 11.8 Å². The molecule has 3 aromatic carbocycles. The minimum atomic E-state index is -4.04. The zero-order chi connectivity index (χ0) is 24.4. The van der Waals surface area contributed by atoms with Gasteiger partial charge in [0.05, 0.1) is 23.7 Å². The number of thioether (sulfide) groups is 1. The molecule has 0 heterocycles. The van der Waals surface area contributed by atoms with Gasteiger partial charge in [-0.25, -0.2) is 8.42 Å². The van der Waals surface area contributed by atoms with Crippen molar-refractivity contribution in [3.63, 3.8) is 0 Å². The Hall–Kier alpha value is -3.17. The molecule has 0 aliphatic carbocycles. The minimum absolute atomic E-state index is 0.0943. The lowest BCUT2D eigenvalue weighted by Gasteiger charge is -2.26. The van der Waals surface area contributed by atoms with Gasteiger partial charge in [0, 0.05) is 4.90 Å². The minimum Gasteiger partial charge on any atom is -0.492 e. The highest BCUT2D eigenvalue weighted by Crippen LogP contribution is 2.32. The number of carbonyl (C=O) groups excluding carboxylic acids is 1. The second kappa shape index (κ2) is 12.3. The van der Waals surface area contributed by atoms with Gasteiger partial charge in [-0.1, -0.05) is 30.3 Å². The topological polar surface area (TPSA) is 84.9 Å². The predicted octanol–water partition coefficient (Wildman–Crippen LogP) is 4.20. The molecule has 7 nitrogen and oxygen atoms in total. The summed E-state index contributed by atoms with van der Waals surface area (Å²) in [7, 11) is -4.04. The summed E-state index contributed by atoms with van der Waals surface area (Å²) in [6.45, 7) is 2.26. The molecule has 3 aromatic rings. The third-order valence-corrected chi connectivity index (χ3v) is 7.32. The average Bonchev–Trinajstić information content (AvgIpc) is 2.86. The fraction of sp³-hybridized carbons (Fsp3) is 0.240. The highest BCUT2D eigenvalue weighted by molar-refractivity contribution is 7.98. The van der Waals surface area contributed by atoms with E-state index in [1.807, 2.05) is 43.5 Å². The smallest absolute Gasteiger partial charge is 0.264 e. The van der Waals surface area contributed by atoms with Gasteiger partial charge in [0.15, 0.2) is 0 Å². The first-order valence-corrected chi connectivity index (χ1v) is 13.5. The Kier molecular flexibility index (Phi) is 9.24. The molecule has 0 atom stereocenters. The van der Waals surface area contributed by atoms with Crippen molar-refractivity contribution in [1.82, 2.24) is 5.32 Å². The van der Waals surface area contributed by atoms with Crippen LogP contribution < -0.4 is 19.1 Å². The molecule has 0 saturated carbocycles. The van der Waals surface area contributed by atoms with Crippen LogP contribution in [0.1, 0.15) is 6.92 Å². The van der Waals surface area contributed by atoms with Crippen molar-refractivity contribution in [3.05, 3.63) is 78.9 Å². The first kappa shape index (κ1) is 25.5. The molecule has 180 valence electrons. The zero-order valence-corrected chi connectivity index (χ0v) is 20.8. The second-order valence-electron chi connectivity index (χ2n) is 7.10. The van der Waals surface area contributed by atoms with Crippen molar-refractivity contribution in [2.24, 2.45) is 0 Å². The molecule has 1 amide bonds. The van der Waals surface area contributed by atoms with Gasteiger partial charge in [0.25, 0.3) is 10.0 Å². The summed E-state index contributed by atoms with van der Waals surface area (Å²) in [6.07, 6.45) is 1.92. The lowest BCUT2D eigenvalue weighted by Crippen LogP contribution is -2.42. The van der Waals surface area contributed by atoms with Crippen molar-refractivity contribution in [2.75, 3.05) is 36.9 Å². The largest absolute Gasteiger partial charge is 0.492 e. The summed E-state index contributed by atoms with van der Waals surface area (Å²) >= 11 is 1.52. The molecule has 0 bridgehead atoms. The predicted molar refractivity (Wildman–Crippen MR) is 135 cm³/mol. The van der Waals surface area contributed by atoms with Crippen LogP contribution in [0.2, 0.25) is 0 Å². The summed E-state index contributed by atoms with van der Waals surface area (Å²) < 4.78 is 39.5. The Bertz CT molecular complexity index is 1170. The van der Waals surface area contributed by atoms with Gasteiger partial charge in [0.1, 0.15) is 24.7 Å². The van der Waals surface area contributed by atoms with Crippen LogP contribution in [0.4, 0.5) is 5.69 Å². The van der Waals surface area contributed by atoms with Gasteiger partial charge in [0.2, 0.25) is 5.91 Å². The van der Waals surface area contributed by atoms with E-state index in [1.165, 1.54) is 11.8 Å². The molecule has 34 heavy (non-hydrogen) atoms. The van der Waals surface area contributed by atoms with E-state index in [0.717, 1.165) is 9.20 Å². The number of nitrogens with zero attached hydrogens (tertiary/aromatic N) is 1. The number of hydrogen-bond donors (Lipinski definition) is 1. The summed E-state index contributed by atoms with van der Waals surface area (Å²) in [6, 6.07) is 22.6. The highest BCUT2D eigenvalue weighted by Gasteiger charge is 2.29. The van der Waals surface area contributed by atoms with Crippen LogP contribution in [0.15, 0.2) is 88.7 Å². The number of carbonyl (C=O) groups is 1. The number of hydrogen-bond acceptors (Lipinski definition) is 6. The number of benzene rings is 3. The third-order valence-electron chi connectivity index (χ3n) is 4.80. The van der Waals surface area contributed by atoms with Crippen LogP contribution in [-0.4, -0.2) is 46.9 Å². The van der Waals surface area contributed by atoms with Crippen LogP contribution in [0.25, 0.3) is 0 Å². The van der Waals surface area contributed by atoms with Crippen molar-refractivity contribution in [3.8, 4) is 11.5 Å². The lowest BCUT2D eigenvalue weighted by molar-refractivity contribution is -0.119. The van der Waals surface area contributed by atoms with Crippen molar-refractivity contribution >= 4 is 33.4 Å². The summed E-state index contributed by atoms with van der Waals surface area (Å²) in [4.78, 5) is 13.8. The average molecular weight is 501 g/mol. The number of amides is 1. The Balaban J connectivity index is 1.79. The molecule has 0 unspecified atom stereocenters. The molecule has 1 N–H and O–H groups in total. The lowest BCUT2D eigenvalue weighted by atomic mass is 10.3. The van der Waals surface area contributed by atoms with Crippen LogP contribution in [0.5, 0.6) is 11.5 Å². The van der Waals surface area contributed by atoms with E-state index >= 15 is 0 Å². The normalized spacial score (nSPS) is 11.0. The molecule has 0 saturated heterocycles. The SMILES string of the molecule is CCOc1ccccc1N(CC(=O)NCCOc1ccccc1)S(=O)(=O)c1ccc(SC)cc1. The molecular formula is C25H28N2O5S2. The summed E-state index contributed by atoms with van der Waals surface area (Å²) in [5.74, 6) is 0.627. The van der Waals surface area contributed by atoms with E-state index in [2.05, 4.69) is 5.32 Å². The third kappa shape index (κ3) is 6.68. The van der Waals surface area contributed by atoms with Gasteiger partial charge in [-0.05, 0) is 61.7 Å². The number of para-hydroxylation sites is 3. The van der Waals surface area contributed by atoms with Gasteiger partial charge in [-0.3, -0.25) is 9.10 Å². The molecule has 0 spiro atoms. The molecule has 3 rings (SSSR count). The Morgan fingerprint density at radius 2 is 1.62 bits per heavy atom. The van der Waals surface area contributed by atoms with Gasteiger partial charge in [-0.2, -0.15) is 0 Å². The second-order valence-corrected chi connectivity index (χ2v) is 9.84. The molecule has 0 aromatic heterocycles. The standard InChI is InChI=1S/C25H28N2O5S2/c1-3-31-24-12-8-7-11-23(24)27(34(29,30)22-15-13-21(33-2)14-16-22)19-25(28)26-17-18-32-20-9-5-4-6-10-20/h4-16H,3,17-19H2,1-2H3,(H,26,28). The summed E-state index contributed by atoms with van der Waals surface area (Å²) in [5.41, 5.74) is 0.300. The maximum absolute atomic E-state index is 13.6. The highest BCUT2D eigenvalue weighted by atomic mass is 32.2. The van der Waals surface area contributed by atoms with E-state index in [9.17, 15) is 13.2 Å². The fourth-order valence-electron chi connectivity index (χ4n) is 3.18. The number of rotatable bonds is 12. The first-order valence-electron chi connectivity index (χ1n) is 10.8.